The van der Waals surface area contributed by atoms with E-state index in [1.807, 2.05) is 13.8 Å². The highest BCUT2D eigenvalue weighted by Crippen LogP contribution is 2.19. The summed E-state index contributed by atoms with van der Waals surface area (Å²) < 4.78 is 1.45. The number of rotatable bonds is 3. The highest BCUT2D eigenvalue weighted by molar-refractivity contribution is 5.38. The minimum atomic E-state index is -0.432. The number of piperidine rings is 1. The molecule has 0 spiro atoms. The highest BCUT2D eigenvalue weighted by atomic mass is 16.2. The summed E-state index contributed by atoms with van der Waals surface area (Å²) in [4.78, 5) is 28.4. The van der Waals surface area contributed by atoms with E-state index in [4.69, 9.17) is 5.73 Å². The van der Waals surface area contributed by atoms with Crippen molar-refractivity contribution >= 4 is 5.82 Å². The first-order valence-corrected chi connectivity index (χ1v) is 7.25. The Kier molecular flexibility index (Phi) is 4.32. The van der Waals surface area contributed by atoms with Crippen LogP contribution in [0.5, 0.6) is 0 Å². The van der Waals surface area contributed by atoms with E-state index in [0.29, 0.717) is 17.9 Å². The lowest BCUT2D eigenvalue weighted by Gasteiger charge is -2.30. The van der Waals surface area contributed by atoms with Crippen LogP contribution in [0.25, 0.3) is 0 Å². The minimum Gasteiger partial charge on any atom is -0.385 e. The monoisotopic (exact) mass is 280 g/mol. The first kappa shape index (κ1) is 14.8. The fourth-order valence-corrected chi connectivity index (χ4v) is 2.71. The van der Waals surface area contributed by atoms with Gasteiger partial charge in [0.2, 0.25) is 0 Å². The van der Waals surface area contributed by atoms with Gasteiger partial charge >= 0.3 is 5.69 Å². The van der Waals surface area contributed by atoms with Crippen molar-refractivity contribution < 1.29 is 0 Å². The van der Waals surface area contributed by atoms with E-state index in [0.717, 1.165) is 31.8 Å². The average Bonchev–Trinajstić information content (AvgIpc) is 2.36. The van der Waals surface area contributed by atoms with Crippen LogP contribution in [0.1, 0.15) is 45.2 Å². The van der Waals surface area contributed by atoms with E-state index in [9.17, 15) is 9.59 Å². The molecule has 0 saturated carbocycles. The molecule has 6 heteroatoms. The molecule has 112 valence electrons. The standard InChI is InChI=1S/C14H24N4O2/c1-9(2)18-12(15)11(13(19)16-14(18)20)8-17-6-4-10(3)5-7-17/h9-10H,4-8,15H2,1-3H3,(H,16,19,20). The summed E-state index contributed by atoms with van der Waals surface area (Å²) in [6.45, 7) is 8.46. The summed E-state index contributed by atoms with van der Waals surface area (Å²) in [5.41, 5.74) is 5.76. The van der Waals surface area contributed by atoms with Crippen LogP contribution >= 0.6 is 0 Å². The zero-order valence-corrected chi connectivity index (χ0v) is 12.5. The van der Waals surface area contributed by atoms with Crippen molar-refractivity contribution in [1.29, 1.82) is 0 Å². The maximum atomic E-state index is 12.0. The molecule has 2 rings (SSSR count). The van der Waals surface area contributed by atoms with Gasteiger partial charge in [0.1, 0.15) is 5.82 Å². The summed E-state index contributed by atoms with van der Waals surface area (Å²) in [6.07, 6.45) is 2.28. The number of H-pyrrole nitrogens is 1. The molecule has 6 nitrogen and oxygen atoms in total. The second-order valence-electron chi connectivity index (χ2n) is 6.05. The van der Waals surface area contributed by atoms with Crippen molar-refractivity contribution in [1.82, 2.24) is 14.5 Å². The third-order valence-corrected chi connectivity index (χ3v) is 4.06. The number of aromatic nitrogens is 2. The molecular formula is C14H24N4O2. The molecular weight excluding hydrogens is 256 g/mol. The van der Waals surface area contributed by atoms with E-state index >= 15 is 0 Å². The smallest absolute Gasteiger partial charge is 0.330 e. The normalized spacial score (nSPS) is 17.8. The van der Waals surface area contributed by atoms with Gasteiger partial charge in [-0.3, -0.25) is 19.2 Å². The van der Waals surface area contributed by atoms with Crippen molar-refractivity contribution in [2.24, 2.45) is 5.92 Å². The third kappa shape index (κ3) is 2.95. The molecule has 0 atom stereocenters. The lowest BCUT2D eigenvalue weighted by Crippen LogP contribution is -2.39. The number of nitrogens with zero attached hydrogens (tertiary/aromatic N) is 2. The van der Waals surface area contributed by atoms with Gasteiger partial charge in [-0.2, -0.15) is 0 Å². The molecule has 1 aliphatic heterocycles. The molecule has 1 aromatic heterocycles. The fraction of sp³-hybridized carbons (Fsp3) is 0.714. The van der Waals surface area contributed by atoms with Gasteiger partial charge in [-0.15, -0.1) is 0 Å². The van der Waals surface area contributed by atoms with E-state index in [-0.39, 0.29) is 11.6 Å². The summed E-state index contributed by atoms with van der Waals surface area (Å²) >= 11 is 0. The molecule has 0 unspecified atom stereocenters. The van der Waals surface area contributed by atoms with Gasteiger partial charge in [-0.1, -0.05) is 6.92 Å². The average molecular weight is 280 g/mol. The molecule has 20 heavy (non-hydrogen) atoms. The Morgan fingerprint density at radius 3 is 2.45 bits per heavy atom. The largest absolute Gasteiger partial charge is 0.385 e. The molecule has 1 fully saturated rings. The predicted octanol–water partition coefficient (Wildman–Crippen LogP) is 0.932. The SMILES string of the molecule is CC1CCN(Cc2c(N)n(C(C)C)c(=O)[nH]c2=O)CC1. The molecule has 1 saturated heterocycles. The number of nitrogens with two attached hydrogens (primary N) is 1. The molecule has 1 aliphatic rings. The molecule has 0 bridgehead atoms. The predicted molar refractivity (Wildman–Crippen MR) is 79.8 cm³/mol. The van der Waals surface area contributed by atoms with E-state index in [1.165, 1.54) is 4.57 Å². The Morgan fingerprint density at radius 2 is 1.90 bits per heavy atom. The Hall–Kier alpha value is -1.56. The van der Waals surface area contributed by atoms with Gasteiger partial charge in [0.25, 0.3) is 5.56 Å². The van der Waals surface area contributed by atoms with Gasteiger partial charge in [0.15, 0.2) is 0 Å². The van der Waals surface area contributed by atoms with Gasteiger partial charge in [0.05, 0.1) is 5.56 Å². The third-order valence-electron chi connectivity index (χ3n) is 4.06. The summed E-state index contributed by atoms with van der Waals surface area (Å²) in [5, 5.41) is 0. The lowest BCUT2D eigenvalue weighted by atomic mass is 9.99. The van der Waals surface area contributed by atoms with Crippen LogP contribution in [-0.2, 0) is 6.54 Å². The summed E-state index contributed by atoms with van der Waals surface area (Å²) in [7, 11) is 0. The second kappa shape index (κ2) is 5.83. The number of hydrogen-bond acceptors (Lipinski definition) is 4. The topological polar surface area (TPSA) is 84.1 Å². The molecule has 0 radical (unpaired) electrons. The number of likely N-dealkylation sites (tertiary alicyclic amines) is 1. The molecule has 0 amide bonds. The maximum absolute atomic E-state index is 12.0. The Labute approximate surface area is 118 Å². The second-order valence-corrected chi connectivity index (χ2v) is 6.05. The number of aromatic amines is 1. The quantitative estimate of drug-likeness (QED) is 0.862. The van der Waals surface area contributed by atoms with Gasteiger partial charge in [-0.25, -0.2) is 4.79 Å². The van der Waals surface area contributed by atoms with Crippen molar-refractivity contribution in [2.45, 2.75) is 46.2 Å². The zero-order valence-electron chi connectivity index (χ0n) is 12.5. The van der Waals surface area contributed by atoms with Crippen molar-refractivity contribution in [2.75, 3.05) is 18.8 Å². The van der Waals surface area contributed by atoms with Gasteiger partial charge in [-0.05, 0) is 45.7 Å². The maximum Gasteiger partial charge on any atom is 0.330 e. The zero-order chi connectivity index (χ0) is 14.9. The number of anilines is 1. The van der Waals surface area contributed by atoms with Crippen molar-refractivity contribution in [3.8, 4) is 0 Å². The Bertz CT molecular complexity index is 580. The van der Waals surface area contributed by atoms with Gasteiger partial charge < -0.3 is 5.73 Å². The molecule has 0 aromatic carbocycles. The minimum absolute atomic E-state index is 0.0699. The van der Waals surface area contributed by atoms with Crippen LogP contribution in [-0.4, -0.2) is 27.5 Å². The van der Waals surface area contributed by atoms with Crippen LogP contribution in [0.3, 0.4) is 0 Å². The van der Waals surface area contributed by atoms with Crippen LogP contribution in [0.15, 0.2) is 9.59 Å². The Morgan fingerprint density at radius 1 is 1.30 bits per heavy atom. The van der Waals surface area contributed by atoms with E-state index in [2.05, 4.69) is 16.8 Å². The molecule has 2 heterocycles. The first-order chi connectivity index (χ1) is 9.40. The van der Waals surface area contributed by atoms with Crippen molar-refractivity contribution in [3.05, 3.63) is 26.4 Å². The Balaban J connectivity index is 2.30. The number of nitrogen functional groups attached to an aromatic ring is 1. The number of nitrogens with one attached hydrogen (secondary N) is 1. The van der Waals surface area contributed by atoms with Crippen LogP contribution in [0.4, 0.5) is 5.82 Å². The first-order valence-electron chi connectivity index (χ1n) is 7.25. The molecule has 0 aliphatic carbocycles. The van der Waals surface area contributed by atoms with Crippen LogP contribution < -0.4 is 17.0 Å². The molecule has 1 aromatic rings. The fourth-order valence-electron chi connectivity index (χ4n) is 2.71. The van der Waals surface area contributed by atoms with E-state index in [1.54, 1.807) is 0 Å². The summed E-state index contributed by atoms with van der Waals surface area (Å²) in [6, 6.07) is -0.0699. The van der Waals surface area contributed by atoms with Crippen molar-refractivity contribution in [3.63, 3.8) is 0 Å². The number of hydrogen-bond donors (Lipinski definition) is 2. The van der Waals surface area contributed by atoms with Gasteiger partial charge in [0, 0.05) is 12.6 Å². The summed E-state index contributed by atoms with van der Waals surface area (Å²) in [5.74, 6) is 1.04. The molecule has 3 N–H and O–H groups in total. The lowest BCUT2D eigenvalue weighted by molar-refractivity contribution is 0.184. The highest BCUT2D eigenvalue weighted by Gasteiger charge is 2.20. The van der Waals surface area contributed by atoms with E-state index < -0.39 is 5.69 Å². The van der Waals surface area contributed by atoms with Crippen LogP contribution in [0.2, 0.25) is 0 Å². The van der Waals surface area contributed by atoms with Crippen LogP contribution in [0, 0.1) is 5.92 Å².